The summed E-state index contributed by atoms with van der Waals surface area (Å²) in [5, 5.41) is 16.9. The minimum atomic E-state index is -0.879. The van der Waals surface area contributed by atoms with Gasteiger partial charge in [0.2, 0.25) is 0 Å². The molecule has 1 rings (SSSR count). The number of rotatable bonds is 16. The summed E-state index contributed by atoms with van der Waals surface area (Å²) in [6, 6.07) is 8.30. The van der Waals surface area contributed by atoms with Crippen LogP contribution in [0.3, 0.4) is 0 Å². The Kier molecular flexibility index (Phi) is 30.0. The summed E-state index contributed by atoms with van der Waals surface area (Å²) in [7, 11) is 0. The van der Waals surface area contributed by atoms with Crippen molar-refractivity contribution in [3.8, 4) is 0 Å². The molecule has 2 N–H and O–H groups in total. The van der Waals surface area contributed by atoms with Gasteiger partial charge in [-0.2, -0.15) is 0 Å². The first-order chi connectivity index (χ1) is 14.1. The van der Waals surface area contributed by atoms with E-state index in [1.54, 1.807) is 30.3 Å². The zero-order chi connectivity index (χ0) is 21.6. The fourth-order valence-corrected chi connectivity index (χ4v) is 2.93. The normalized spacial score (nSPS) is 9.84. The van der Waals surface area contributed by atoms with Gasteiger partial charge in [-0.1, -0.05) is 88.6 Å². The molecule has 2 radical (unpaired) electrons. The minimum Gasteiger partial charge on any atom is -0.481 e. The Morgan fingerprint density at radius 2 is 1.16 bits per heavy atom. The second-order valence-corrected chi connectivity index (χ2v) is 7.40. The Morgan fingerprint density at radius 1 is 0.710 bits per heavy atom. The molecule has 6 heteroatoms. The van der Waals surface area contributed by atoms with Crippen molar-refractivity contribution >= 4 is 11.9 Å². The maximum Gasteiger partial charge on any atom is 0.335 e. The molecular formula is C25H40Co2O4. The van der Waals surface area contributed by atoms with Gasteiger partial charge in [-0.25, -0.2) is 4.79 Å². The van der Waals surface area contributed by atoms with Crippen LogP contribution in [0.5, 0.6) is 0 Å². The van der Waals surface area contributed by atoms with E-state index < -0.39 is 11.9 Å². The Bertz CT molecular complexity index is 548. The third kappa shape index (κ3) is 26.9. The molecule has 0 aliphatic rings. The van der Waals surface area contributed by atoms with Crippen LogP contribution in [-0.4, -0.2) is 22.2 Å². The molecule has 0 saturated heterocycles. The molecule has 0 heterocycles. The van der Waals surface area contributed by atoms with Gasteiger partial charge < -0.3 is 10.2 Å². The van der Waals surface area contributed by atoms with Gasteiger partial charge in [0, 0.05) is 40.0 Å². The predicted octanol–water partition coefficient (Wildman–Crippen LogP) is 7.49. The smallest absolute Gasteiger partial charge is 0.335 e. The SMILES string of the molecule is CCCCCCCCC=CCCCCCCCC(=O)O.O=C(O)c1ccccc1.[Co].[Co]. The molecule has 0 aliphatic carbocycles. The van der Waals surface area contributed by atoms with E-state index in [9.17, 15) is 9.59 Å². The molecule has 182 valence electrons. The Balaban J connectivity index is -0.000000598. The number of aliphatic carboxylic acids is 1. The number of aromatic carboxylic acids is 1. The molecule has 4 nitrogen and oxygen atoms in total. The van der Waals surface area contributed by atoms with Crippen molar-refractivity contribution in [3.63, 3.8) is 0 Å². The van der Waals surface area contributed by atoms with E-state index in [-0.39, 0.29) is 33.6 Å². The van der Waals surface area contributed by atoms with Crippen molar-refractivity contribution < 1.29 is 53.4 Å². The van der Waals surface area contributed by atoms with Gasteiger partial charge in [0.15, 0.2) is 0 Å². The van der Waals surface area contributed by atoms with Crippen molar-refractivity contribution in [2.75, 3.05) is 0 Å². The fourth-order valence-electron chi connectivity index (χ4n) is 2.93. The van der Waals surface area contributed by atoms with E-state index in [0.29, 0.717) is 12.0 Å². The summed E-state index contributed by atoms with van der Waals surface area (Å²) in [5.74, 6) is -1.54. The molecule has 0 saturated carbocycles. The molecular weight excluding hydrogens is 482 g/mol. The molecule has 0 aliphatic heterocycles. The molecule has 0 bridgehead atoms. The third-order valence-electron chi connectivity index (χ3n) is 4.67. The van der Waals surface area contributed by atoms with Gasteiger partial charge >= 0.3 is 11.9 Å². The van der Waals surface area contributed by atoms with E-state index in [4.69, 9.17) is 10.2 Å². The van der Waals surface area contributed by atoms with Crippen molar-refractivity contribution in [3.05, 3.63) is 48.0 Å². The average molecular weight is 522 g/mol. The number of unbranched alkanes of at least 4 members (excludes halogenated alkanes) is 11. The summed E-state index contributed by atoms with van der Waals surface area (Å²) in [6.45, 7) is 2.26. The number of hydrogen-bond donors (Lipinski definition) is 2. The second kappa shape index (κ2) is 26.9. The minimum absolute atomic E-state index is 0. The largest absolute Gasteiger partial charge is 0.481 e. The molecule has 0 atom stereocenters. The summed E-state index contributed by atoms with van der Waals surface area (Å²) in [5.41, 5.74) is 0.331. The first-order valence-corrected chi connectivity index (χ1v) is 11.2. The van der Waals surface area contributed by atoms with E-state index in [1.165, 1.54) is 70.6 Å². The molecule has 0 spiro atoms. The third-order valence-corrected chi connectivity index (χ3v) is 4.67. The van der Waals surface area contributed by atoms with Crippen LogP contribution in [0.4, 0.5) is 0 Å². The van der Waals surface area contributed by atoms with Crippen LogP contribution in [0.1, 0.15) is 107 Å². The number of benzene rings is 1. The standard InChI is InChI=1S/C18H34O2.C7H6O2.2Co/c1-2-3-4-5-6-7-8-9-10-11-12-13-14-15-16-17-18(19)20;8-7(9)6-4-2-1-3-5-6;;/h9-10H,2-8,11-17H2,1H3,(H,19,20);1-5H,(H,8,9);;. The van der Waals surface area contributed by atoms with E-state index in [1.807, 2.05) is 0 Å². The fraction of sp³-hybridized carbons (Fsp3) is 0.600. The summed E-state index contributed by atoms with van der Waals surface area (Å²) >= 11 is 0. The molecule has 0 aromatic heterocycles. The maximum absolute atomic E-state index is 10.3. The van der Waals surface area contributed by atoms with Crippen molar-refractivity contribution in [2.45, 2.75) is 96.8 Å². The van der Waals surface area contributed by atoms with Crippen molar-refractivity contribution in [2.24, 2.45) is 0 Å². The first-order valence-electron chi connectivity index (χ1n) is 11.2. The quantitative estimate of drug-likeness (QED) is 0.174. The van der Waals surface area contributed by atoms with Crippen LogP contribution in [0, 0.1) is 0 Å². The summed E-state index contributed by atoms with van der Waals surface area (Å²) in [6.07, 6.45) is 21.2. The van der Waals surface area contributed by atoms with E-state index in [0.717, 1.165) is 12.8 Å². The summed E-state index contributed by atoms with van der Waals surface area (Å²) < 4.78 is 0. The first kappa shape index (κ1) is 34.5. The van der Waals surface area contributed by atoms with Gasteiger partial charge in [-0.15, -0.1) is 0 Å². The molecule has 0 unspecified atom stereocenters. The Labute approximate surface area is 209 Å². The average Bonchev–Trinajstić information content (AvgIpc) is 2.72. The Morgan fingerprint density at radius 3 is 1.58 bits per heavy atom. The number of allylic oxidation sites excluding steroid dienone is 2. The van der Waals surface area contributed by atoms with Gasteiger partial charge in [0.25, 0.3) is 0 Å². The van der Waals surface area contributed by atoms with Crippen LogP contribution in [-0.2, 0) is 38.4 Å². The number of carbonyl (C=O) groups is 2. The molecule has 1 aromatic rings. The second-order valence-electron chi connectivity index (χ2n) is 7.40. The van der Waals surface area contributed by atoms with Crippen LogP contribution in [0.15, 0.2) is 42.5 Å². The Hall–Kier alpha value is -1.09. The zero-order valence-corrected chi connectivity index (χ0v) is 20.9. The van der Waals surface area contributed by atoms with Crippen LogP contribution in [0.25, 0.3) is 0 Å². The monoisotopic (exact) mass is 522 g/mol. The van der Waals surface area contributed by atoms with Gasteiger partial charge in [0.1, 0.15) is 0 Å². The van der Waals surface area contributed by atoms with Gasteiger partial charge in [0.05, 0.1) is 5.56 Å². The molecule has 31 heavy (non-hydrogen) atoms. The maximum atomic E-state index is 10.3. The van der Waals surface area contributed by atoms with Crippen LogP contribution in [0.2, 0.25) is 0 Å². The molecule has 0 fully saturated rings. The number of carboxylic acid groups (broad SMARTS) is 2. The van der Waals surface area contributed by atoms with Crippen molar-refractivity contribution in [1.29, 1.82) is 0 Å². The zero-order valence-electron chi connectivity index (χ0n) is 18.8. The van der Waals surface area contributed by atoms with Gasteiger partial charge in [-0.3, -0.25) is 4.79 Å². The number of carboxylic acids is 2. The van der Waals surface area contributed by atoms with Crippen LogP contribution < -0.4 is 0 Å². The van der Waals surface area contributed by atoms with Gasteiger partial charge in [-0.05, 0) is 44.2 Å². The summed E-state index contributed by atoms with van der Waals surface area (Å²) in [4.78, 5) is 20.5. The predicted molar refractivity (Wildman–Crippen MR) is 120 cm³/mol. The molecule has 0 amide bonds. The number of hydrogen-bond acceptors (Lipinski definition) is 2. The van der Waals surface area contributed by atoms with Crippen molar-refractivity contribution in [1.82, 2.24) is 0 Å². The van der Waals surface area contributed by atoms with E-state index in [2.05, 4.69) is 19.1 Å². The van der Waals surface area contributed by atoms with E-state index >= 15 is 0 Å². The van der Waals surface area contributed by atoms with Crippen LogP contribution >= 0.6 is 0 Å². The topological polar surface area (TPSA) is 74.6 Å². The molecule has 1 aromatic carbocycles.